The van der Waals surface area contributed by atoms with E-state index in [1.807, 2.05) is 23.1 Å². The number of piperidine rings is 1. The van der Waals surface area contributed by atoms with E-state index in [2.05, 4.69) is 15.0 Å². The lowest BCUT2D eigenvalue weighted by molar-refractivity contribution is -0.146. The summed E-state index contributed by atoms with van der Waals surface area (Å²) in [5.41, 5.74) is 0.302. The molecular formula is C21H25N5O3. The molecule has 0 saturated carbocycles. The van der Waals surface area contributed by atoms with Crippen LogP contribution in [-0.4, -0.2) is 75.5 Å². The van der Waals surface area contributed by atoms with Gasteiger partial charge in [0.1, 0.15) is 11.2 Å². The number of hydrogen-bond acceptors (Lipinski definition) is 6. The smallest absolute Gasteiger partial charge is 0.257 e. The van der Waals surface area contributed by atoms with Crippen molar-refractivity contribution in [1.29, 1.82) is 0 Å². The molecule has 0 aliphatic carbocycles. The molecule has 29 heavy (non-hydrogen) atoms. The van der Waals surface area contributed by atoms with E-state index in [0.717, 1.165) is 12.8 Å². The zero-order chi connectivity index (χ0) is 20.3. The maximum atomic E-state index is 13.3. The molecule has 4 rings (SSSR count). The molecule has 2 saturated heterocycles. The van der Waals surface area contributed by atoms with E-state index in [-0.39, 0.29) is 11.8 Å². The normalized spacial score (nSPS) is 21.8. The van der Waals surface area contributed by atoms with Gasteiger partial charge in [-0.1, -0.05) is 6.07 Å². The van der Waals surface area contributed by atoms with Gasteiger partial charge >= 0.3 is 0 Å². The lowest BCUT2D eigenvalue weighted by atomic mass is 9.85. The Hall–Kier alpha value is -2.87. The van der Waals surface area contributed by atoms with E-state index in [4.69, 9.17) is 4.74 Å². The molecule has 2 aliphatic rings. The third kappa shape index (κ3) is 3.60. The summed E-state index contributed by atoms with van der Waals surface area (Å²) in [6.45, 7) is 2.35. The molecule has 0 bridgehead atoms. The number of rotatable bonds is 5. The van der Waals surface area contributed by atoms with Gasteiger partial charge in [0.15, 0.2) is 5.82 Å². The number of amides is 2. The Labute approximate surface area is 169 Å². The Kier molecular flexibility index (Phi) is 5.53. The summed E-state index contributed by atoms with van der Waals surface area (Å²) in [5, 5.41) is 0. The van der Waals surface area contributed by atoms with Crippen molar-refractivity contribution >= 4 is 11.8 Å². The van der Waals surface area contributed by atoms with Gasteiger partial charge in [-0.3, -0.25) is 14.6 Å². The summed E-state index contributed by atoms with van der Waals surface area (Å²) in [4.78, 5) is 43.0. The Balaban J connectivity index is 1.55. The quantitative estimate of drug-likeness (QED) is 0.767. The van der Waals surface area contributed by atoms with E-state index < -0.39 is 5.54 Å². The van der Waals surface area contributed by atoms with Crippen LogP contribution in [0.3, 0.4) is 0 Å². The van der Waals surface area contributed by atoms with Crippen molar-refractivity contribution in [2.24, 2.45) is 0 Å². The van der Waals surface area contributed by atoms with E-state index in [0.29, 0.717) is 56.2 Å². The van der Waals surface area contributed by atoms with Gasteiger partial charge in [0.25, 0.3) is 5.91 Å². The molecule has 1 spiro atoms. The predicted octanol–water partition coefficient (Wildman–Crippen LogP) is 1.78. The highest BCUT2D eigenvalue weighted by atomic mass is 16.5. The Morgan fingerprint density at radius 3 is 2.59 bits per heavy atom. The van der Waals surface area contributed by atoms with Crippen molar-refractivity contribution in [2.75, 3.05) is 33.4 Å². The number of methoxy groups -OCH3 is 1. The minimum atomic E-state index is -0.747. The number of nitrogens with zero attached hydrogens (tertiary/aromatic N) is 5. The Bertz CT molecular complexity index is 874. The van der Waals surface area contributed by atoms with Gasteiger partial charge in [-0.2, -0.15) is 0 Å². The standard InChI is InChI=1S/C21H25N5O3/c1-29-13-12-25-10-4-7-21(20(25)28)8-5-11-26(21)19(27)16-14-23-18(24-15-16)17-6-2-3-9-22-17/h2-3,6,9,14-15H,4-5,7-8,10-13H2,1H3. The van der Waals surface area contributed by atoms with Crippen molar-refractivity contribution in [3.05, 3.63) is 42.4 Å². The lowest BCUT2D eigenvalue weighted by Crippen LogP contribution is -2.61. The molecule has 152 valence electrons. The van der Waals surface area contributed by atoms with E-state index in [1.54, 1.807) is 18.2 Å². The number of carbonyl (C=O) groups excluding carboxylic acids is 2. The molecule has 0 radical (unpaired) electrons. The maximum Gasteiger partial charge on any atom is 0.257 e. The van der Waals surface area contributed by atoms with Crippen molar-refractivity contribution in [1.82, 2.24) is 24.8 Å². The molecule has 2 aromatic heterocycles. The van der Waals surface area contributed by atoms with Crippen molar-refractivity contribution in [3.8, 4) is 11.5 Å². The van der Waals surface area contributed by atoms with Crippen LogP contribution >= 0.6 is 0 Å². The second-order valence-electron chi connectivity index (χ2n) is 7.49. The molecule has 0 N–H and O–H groups in total. The summed E-state index contributed by atoms with van der Waals surface area (Å²) in [6, 6.07) is 5.51. The minimum absolute atomic E-state index is 0.0395. The highest BCUT2D eigenvalue weighted by molar-refractivity contribution is 5.99. The maximum absolute atomic E-state index is 13.3. The first-order valence-electron chi connectivity index (χ1n) is 9.99. The third-order valence-corrected chi connectivity index (χ3v) is 5.80. The Morgan fingerprint density at radius 1 is 1.14 bits per heavy atom. The number of ether oxygens (including phenoxy) is 1. The van der Waals surface area contributed by atoms with Crippen LogP contribution < -0.4 is 0 Å². The van der Waals surface area contributed by atoms with Gasteiger partial charge in [0.05, 0.1) is 12.2 Å². The first kappa shape index (κ1) is 19.4. The largest absolute Gasteiger partial charge is 0.383 e. The van der Waals surface area contributed by atoms with Crippen molar-refractivity contribution < 1.29 is 14.3 Å². The van der Waals surface area contributed by atoms with Gasteiger partial charge in [0, 0.05) is 45.3 Å². The monoisotopic (exact) mass is 395 g/mol. The highest BCUT2D eigenvalue weighted by Gasteiger charge is 2.52. The van der Waals surface area contributed by atoms with Gasteiger partial charge < -0.3 is 14.5 Å². The van der Waals surface area contributed by atoms with Crippen LogP contribution in [0.25, 0.3) is 11.5 Å². The number of pyridine rings is 1. The molecule has 8 heteroatoms. The first-order valence-corrected chi connectivity index (χ1v) is 9.99. The third-order valence-electron chi connectivity index (χ3n) is 5.80. The molecule has 1 unspecified atom stereocenters. The minimum Gasteiger partial charge on any atom is -0.383 e. The zero-order valence-electron chi connectivity index (χ0n) is 16.6. The van der Waals surface area contributed by atoms with Gasteiger partial charge in [-0.15, -0.1) is 0 Å². The second-order valence-corrected chi connectivity index (χ2v) is 7.49. The van der Waals surface area contributed by atoms with E-state index in [9.17, 15) is 9.59 Å². The Morgan fingerprint density at radius 2 is 1.90 bits per heavy atom. The molecule has 1 atom stereocenters. The highest BCUT2D eigenvalue weighted by Crippen LogP contribution is 2.39. The van der Waals surface area contributed by atoms with Crippen LogP contribution in [0.5, 0.6) is 0 Å². The molecule has 0 aromatic carbocycles. The van der Waals surface area contributed by atoms with Gasteiger partial charge in [-0.05, 0) is 37.8 Å². The molecular weight excluding hydrogens is 370 g/mol. The topological polar surface area (TPSA) is 88.5 Å². The average Bonchev–Trinajstić information content (AvgIpc) is 3.19. The van der Waals surface area contributed by atoms with Crippen molar-refractivity contribution in [3.63, 3.8) is 0 Å². The first-order chi connectivity index (χ1) is 14.2. The fourth-order valence-corrected chi connectivity index (χ4v) is 4.36. The van der Waals surface area contributed by atoms with Crippen LogP contribution in [-0.2, 0) is 9.53 Å². The summed E-state index contributed by atoms with van der Waals surface area (Å²) >= 11 is 0. The van der Waals surface area contributed by atoms with Crippen LogP contribution in [0.1, 0.15) is 36.0 Å². The summed E-state index contributed by atoms with van der Waals surface area (Å²) in [7, 11) is 1.63. The fourth-order valence-electron chi connectivity index (χ4n) is 4.36. The summed E-state index contributed by atoms with van der Waals surface area (Å²) in [6.07, 6.45) is 7.84. The molecule has 2 aromatic rings. The van der Waals surface area contributed by atoms with E-state index in [1.165, 1.54) is 12.4 Å². The van der Waals surface area contributed by atoms with Crippen molar-refractivity contribution in [2.45, 2.75) is 31.2 Å². The van der Waals surface area contributed by atoms with Crippen LogP contribution in [0.15, 0.2) is 36.8 Å². The molecule has 2 aliphatic heterocycles. The van der Waals surface area contributed by atoms with E-state index >= 15 is 0 Å². The fraction of sp³-hybridized carbons (Fsp3) is 0.476. The molecule has 2 fully saturated rings. The second kappa shape index (κ2) is 8.24. The number of hydrogen-bond donors (Lipinski definition) is 0. The average molecular weight is 395 g/mol. The summed E-state index contributed by atoms with van der Waals surface area (Å²) < 4.78 is 5.14. The van der Waals surface area contributed by atoms with Gasteiger partial charge in [0.2, 0.25) is 5.91 Å². The SMILES string of the molecule is COCCN1CCCC2(CCCN2C(=O)c2cnc(-c3ccccn3)nc2)C1=O. The van der Waals surface area contributed by atoms with Crippen LogP contribution in [0.2, 0.25) is 0 Å². The lowest BCUT2D eigenvalue weighted by Gasteiger charge is -2.44. The zero-order valence-corrected chi connectivity index (χ0v) is 16.6. The number of aromatic nitrogens is 3. The number of carbonyl (C=O) groups is 2. The van der Waals surface area contributed by atoms with Crippen LogP contribution in [0, 0.1) is 0 Å². The summed E-state index contributed by atoms with van der Waals surface area (Å²) in [5.74, 6) is 0.326. The molecule has 8 nitrogen and oxygen atoms in total. The van der Waals surface area contributed by atoms with Crippen LogP contribution in [0.4, 0.5) is 0 Å². The number of likely N-dealkylation sites (tertiary alicyclic amines) is 2. The molecule has 2 amide bonds. The molecule has 4 heterocycles. The van der Waals surface area contributed by atoms with Gasteiger partial charge in [-0.25, -0.2) is 9.97 Å². The predicted molar refractivity (Wildman–Crippen MR) is 106 cm³/mol.